The molecule has 0 aromatic heterocycles. The average Bonchev–Trinajstić information content (AvgIpc) is 3.04. The normalized spacial score (nSPS) is 36.1. The molecule has 4 aliphatic carbocycles. The van der Waals surface area contributed by atoms with E-state index in [9.17, 15) is 31.9 Å². The van der Waals surface area contributed by atoms with Crippen LogP contribution >= 0.6 is 0 Å². The first kappa shape index (κ1) is 23.7. The standard InChI is InChI=1S/C27H29F5O2/c1-15-3-5-16(6-4-15)21-14-24(2)22(11-12-25(24,34)26(28,29)27(30,31)32)20-9-7-17-13-18(33)8-10-19(17)23(20)21/h3-6,13,20-22,34H,7-12,14H2,1-2H3/t20-,21+,22-,24-,25-/m0/s1. The molecule has 34 heavy (non-hydrogen) atoms. The number of alkyl halides is 5. The second kappa shape index (κ2) is 7.49. The zero-order valence-corrected chi connectivity index (χ0v) is 19.3. The molecule has 1 N–H and O–H groups in total. The lowest BCUT2D eigenvalue weighted by molar-refractivity contribution is -0.362. The van der Waals surface area contributed by atoms with Gasteiger partial charge >= 0.3 is 12.1 Å². The van der Waals surface area contributed by atoms with Gasteiger partial charge < -0.3 is 5.11 Å². The Morgan fingerprint density at radius 2 is 1.68 bits per heavy atom. The van der Waals surface area contributed by atoms with E-state index in [1.54, 1.807) is 6.08 Å². The van der Waals surface area contributed by atoms with Crippen molar-refractivity contribution in [1.82, 2.24) is 0 Å². The first-order valence-corrected chi connectivity index (χ1v) is 12.0. The summed E-state index contributed by atoms with van der Waals surface area (Å²) in [4.78, 5) is 12.1. The molecule has 4 aliphatic rings. The molecule has 2 saturated carbocycles. The van der Waals surface area contributed by atoms with Gasteiger partial charge in [0.05, 0.1) is 0 Å². The van der Waals surface area contributed by atoms with E-state index in [4.69, 9.17) is 0 Å². The summed E-state index contributed by atoms with van der Waals surface area (Å²) in [5, 5.41) is 11.2. The lowest BCUT2D eigenvalue weighted by Gasteiger charge is -2.56. The van der Waals surface area contributed by atoms with Crippen molar-refractivity contribution in [2.45, 2.75) is 82.4 Å². The Balaban J connectivity index is 1.69. The van der Waals surface area contributed by atoms with E-state index in [2.05, 4.69) is 0 Å². The van der Waals surface area contributed by atoms with Gasteiger partial charge in [-0.2, -0.15) is 22.0 Å². The SMILES string of the molecule is Cc1ccc([C@H]2C[C@@]3(C)[C@@H](CC[C@@]3(O)C(F)(F)C(F)(F)F)[C@@H]3CCC4=CC(=O)CCC4=C32)cc1. The number of hydrogen-bond donors (Lipinski definition) is 1. The van der Waals surface area contributed by atoms with Gasteiger partial charge in [0.1, 0.15) is 5.60 Å². The van der Waals surface area contributed by atoms with Crippen LogP contribution in [0.4, 0.5) is 22.0 Å². The van der Waals surface area contributed by atoms with E-state index in [1.807, 2.05) is 31.2 Å². The van der Waals surface area contributed by atoms with Crippen LogP contribution in [-0.4, -0.2) is 28.6 Å². The second-order valence-electron chi connectivity index (χ2n) is 10.9. The Hall–Kier alpha value is -2.02. The van der Waals surface area contributed by atoms with Crippen LogP contribution in [0.15, 0.2) is 47.1 Å². The number of fused-ring (bicyclic) bond motifs is 4. The minimum absolute atomic E-state index is 0.0134. The van der Waals surface area contributed by atoms with Crippen LogP contribution in [0.25, 0.3) is 0 Å². The number of aryl methyl sites for hydroxylation is 1. The highest BCUT2D eigenvalue weighted by Crippen LogP contribution is 2.70. The lowest BCUT2D eigenvalue weighted by atomic mass is 9.50. The number of ketones is 1. The van der Waals surface area contributed by atoms with Crippen molar-refractivity contribution in [3.63, 3.8) is 0 Å². The fraction of sp³-hybridized carbons (Fsp3) is 0.593. The maximum absolute atomic E-state index is 14.9. The predicted molar refractivity (Wildman–Crippen MR) is 117 cm³/mol. The summed E-state index contributed by atoms with van der Waals surface area (Å²) < 4.78 is 70.5. The van der Waals surface area contributed by atoms with Gasteiger partial charge in [0, 0.05) is 17.8 Å². The van der Waals surface area contributed by atoms with Crippen LogP contribution in [0, 0.1) is 24.2 Å². The Kier molecular flexibility index (Phi) is 5.22. The third-order valence-corrected chi connectivity index (χ3v) is 9.24. The highest BCUT2D eigenvalue weighted by atomic mass is 19.4. The van der Waals surface area contributed by atoms with Gasteiger partial charge in [-0.25, -0.2) is 0 Å². The van der Waals surface area contributed by atoms with Crippen LogP contribution in [0.1, 0.15) is 68.9 Å². The molecule has 7 heteroatoms. The molecule has 0 amide bonds. The van der Waals surface area contributed by atoms with Gasteiger partial charge in [-0.05, 0) is 80.1 Å². The number of rotatable bonds is 2. The predicted octanol–water partition coefficient (Wildman–Crippen LogP) is 6.82. The van der Waals surface area contributed by atoms with Crippen LogP contribution in [-0.2, 0) is 4.79 Å². The van der Waals surface area contributed by atoms with E-state index in [0.717, 1.165) is 27.8 Å². The summed E-state index contributed by atoms with van der Waals surface area (Å²) >= 11 is 0. The maximum atomic E-state index is 14.9. The van der Waals surface area contributed by atoms with Gasteiger partial charge in [-0.15, -0.1) is 0 Å². The summed E-state index contributed by atoms with van der Waals surface area (Å²) in [6, 6.07) is 7.66. The molecular weight excluding hydrogens is 451 g/mol. The lowest BCUT2D eigenvalue weighted by Crippen LogP contribution is -2.65. The van der Waals surface area contributed by atoms with Gasteiger partial charge in [-0.1, -0.05) is 42.3 Å². The van der Waals surface area contributed by atoms with Crippen molar-refractivity contribution in [3.05, 3.63) is 58.2 Å². The molecule has 0 bridgehead atoms. The van der Waals surface area contributed by atoms with Crippen LogP contribution in [0.5, 0.6) is 0 Å². The molecule has 1 aromatic carbocycles. The Bertz CT molecular complexity index is 1080. The molecule has 184 valence electrons. The average molecular weight is 481 g/mol. The van der Waals surface area contributed by atoms with Crippen molar-refractivity contribution in [2.24, 2.45) is 17.3 Å². The zero-order chi connectivity index (χ0) is 24.7. The summed E-state index contributed by atoms with van der Waals surface area (Å²) in [5.41, 5.74) is 0.268. The van der Waals surface area contributed by atoms with Gasteiger partial charge in [0.2, 0.25) is 0 Å². The van der Waals surface area contributed by atoms with Crippen molar-refractivity contribution < 1.29 is 31.9 Å². The molecule has 1 aromatic rings. The molecule has 0 aliphatic heterocycles. The third kappa shape index (κ3) is 3.11. The Morgan fingerprint density at radius 1 is 1.00 bits per heavy atom. The molecule has 5 atom stereocenters. The van der Waals surface area contributed by atoms with Crippen molar-refractivity contribution in [3.8, 4) is 0 Å². The first-order valence-electron chi connectivity index (χ1n) is 12.0. The van der Waals surface area contributed by atoms with Crippen LogP contribution < -0.4 is 0 Å². The van der Waals surface area contributed by atoms with Crippen LogP contribution in [0.3, 0.4) is 0 Å². The zero-order valence-electron chi connectivity index (χ0n) is 19.3. The molecule has 0 heterocycles. The number of carbonyl (C=O) groups is 1. The molecule has 2 fully saturated rings. The highest BCUT2D eigenvalue weighted by molar-refractivity contribution is 5.93. The summed E-state index contributed by atoms with van der Waals surface area (Å²) in [7, 11) is 0. The summed E-state index contributed by atoms with van der Waals surface area (Å²) in [6.07, 6.45) is -2.43. The van der Waals surface area contributed by atoms with E-state index in [1.165, 1.54) is 6.92 Å². The Labute approximate surface area is 195 Å². The van der Waals surface area contributed by atoms with E-state index in [0.29, 0.717) is 25.7 Å². The van der Waals surface area contributed by atoms with Crippen LogP contribution in [0.2, 0.25) is 0 Å². The minimum Gasteiger partial charge on any atom is -0.383 e. The molecule has 0 unspecified atom stereocenters. The largest absolute Gasteiger partial charge is 0.456 e. The highest BCUT2D eigenvalue weighted by Gasteiger charge is 2.79. The molecule has 2 nitrogen and oxygen atoms in total. The van der Waals surface area contributed by atoms with Crippen molar-refractivity contribution >= 4 is 5.78 Å². The molecular formula is C27H29F5O2. The topological polar surface area (TPSA) is 37.3 Å². The fourth-order valence-corrected chi connectivity index (χ4v) is 7.51. The van der Waals surface area contributed by atoms with Crippen molar-refractivity contribution in [1.29, 1.82) is 0 Å². The smallest absolute Gasteiger partial charge is 0.383 e. The van der Waals surface area contributed by atoms with Gasteiger partial charge in [0.25, 0.3) is 0 Å². The van der Waals surface area contributed by atoms with Gasteiger partial charge in [0.15, 0.2) is 5.78 Å². The Morgan fingerprint density at radius 3 is 2.32 bits per heavy atom. The quantitative estimate of drug-likeness (QED) is 0.472. The first-order chi connectivity index (χ1) is 15.8. The number of carbonyl (C=O) groups excluding carboxylic acids is 1. The summed E-state index contributed by atoms with van der Waals surface area (Å²) in [6.45, 7) is 3.38. The molecule has 0 spiro atoms. The van der Waals surface area contributed by atoms with Crippen molar-refractivity contribution in [2.75, 3.05) is 0 Å². The minimum atomic E-state index is -5.83. The maximum Gasteiger partial charge on any atom is 0.456 e. The fourth-order valence-electron chi connectivity index (χ4n) is 7.51. The van der Waals surface area contributed by atoms with E-state index < -0.39 is 35.5 Å². The molecule has 0 saturated heterocycles. The van der Waals surface area contributed by atoms with Gasteiger partial charge in [-0.3, -0.25) is 4.79 Å². The molecule has 5 rings (SSSR count). The third-order valence-electron chi connectivity index (χ3n) is 9.24. The van der Waals surface area contributed by atoms with E-state index in [-0.39, 0.29) is 30.5 Å². The van der Waals surface area contributed by atoms with E-state index >= 15 is 0 Å². The number of allylic oxidation sites excluding steroid dienone is 4. The number of benzene rings is 1. The summed E-state index contributed by atoms with van der Waals surface area (Å²) in [5.74, 6) is -6.18. The number of hydrogen-bond acceptors (Lipinski definition) is 2. The number of aliphatic hydroxyl groups is 1. The monoisotopic (exact) mass is 480 g/mol. The molecule has 0 radical (unpaired) electrons. The second-order valence-corrected chi connectivity index (χ2v) is 10.9. The number of halogens is 5.